The number of rotatable bonds is 3. The maximum Gasteiger partial charge on any atom is 0.231 e. The molecular weight excluding hydrogens is 314 g/mol. The van der Waals surface area contributed by atoms with Crippen molar-refractivity contribution < 1.29 is 14.3 Å². The quantitative estimate of drug-likeness (QED) is 0.883. The molecule has 2 aromatic rings. The van der Waals surface area contributed by atoms with Crippen molar-refractivity contribution in [3.05, 3.63) is 53.6 Å². The van der Waals surface area contributed by atoms with Gasteiger partial charge in [-0.15, -0.1) is 0 Å². The van der Waals surface area contributed by atoms with Crippen molar-refractivity contribution in [2.45, 2.75) is 27.2 Å². The second-order valence-corrected chi connectivity index (χ2v) is 7.21. The summed E-state index contributed by atoms with van der Waals surface area (Å²) in [7, 11) is 0. The fourth-order valence-electron chi connectivity index (χ4n) is 3.81. The van der Waals surface area contributed by atoms with E-state index in [1.165, 1.54) is 18.1 Å². The number of hydrogen-bond acceptors (Lipinski definition) is 3. The molecule has 128 valence electrons. The summed E-state index contributed by atoms with van der Waals surface area (Å²) in [6, 6.07) is 14.1. The molecule has 1 heterocycles. The molecule has 25 heavy (non-hydrogen) atoms. The fourth-order valence-corrected chi connectivity index (χ4v) is 3.81. The van der Waals surface area contributed by atoms with Gasteiger partial charge in [0.15, 0.2) is 11.5 Å². The van der Waals surface area contributed by atoms with E-state index in [9.17, 15) is 4.79 Å². The van der Waals surface area contributed by atoms with Crippen LogP contribution in [0.2, 0.25) is 0 Å². The smallest absolute Gasteiger partial charge is 0.231 e. The molecule has 1 aliphatic heterocycles. The van der Waals surface area contributed by atoms with E-state index in [4.69, 9.17) is 9.47 Å². The minimum atomic E-state index is -0.0590. The monoisotopic (exact) mass is 335 g/mol. The summed E-state index contributed by atoms with van der Waals surface area (Å²) >= 11 is 0. The van der Waals surface area contributed by atoms with Crippen molar-refractivity contribution in [2.75, 3.05) is 12.1 Å². The van der Waals surface area contributed by atoms with Gasteiger partial charge in [0, 0.05) is 18.2 Å². The predicted octanol–water partition coefficient (Wildman–Crippen LogP) is 4.71. The van der Waals surface area contributed by atoms with Crippen LogP contribution in [0.1, 0.15) is 38.3 Å². The lowest BCUT2D eigenvalue weighted by Gasteiger charge is -2.42. The SMILES string of the molecule is CC(=O)Nc1ccccc1C1=C(c2ccc3c(c2)OCO3)C(C)(C)C1. The summed E-state index contributed by atoms with van der Waals surface area (Å²) in [5.41, 5.74) is 5.74. The van der Waals surface area contributed by atoms with Crippen LogP contribution in [0.5, 0.6) is 11.5 Å². The van der Waals surface area contributed by atoms with Crippen molar-refractivity contribution in [3.8, 4) is 11.5 Å². The van der Waals surface area contributed by atoms with Gasteiger partial charge in [-0.1, -0.05) is 38.1 Å². The summed E-state index contributed by atoms with van der Waals surface area (Å²) in [6.45, 7) is 6.31. The predicted molar refractivity (Wildman–Crippen MR) is 98.5 cm³/mol. The van der Waals surface area contributed by atoms with Crippen molar-refractivity contribution >= 4 is 22.7 Å². The van der Waals surface area contributed by atoms with Gasteiger partial charge in [-0.2, -0.15) is 0 Å². The summed E-state index contributed by atoms with van der Waals surface area (Å²) in [5, 5.41) is 2.95. The van der Waals surface area contributed by atoms with Crippen LogP contribution in [0.4, 0.5) is 5.69 Å². The molecular formula is C21H21NO3. The molecule has 0 saturated carbocycles. The third kappa shape index (κ3) is 2.68. The zero-order chi connectivity index (χ0) is 17.6. The first-order valence-electron chi connectivity index (χ1n) is 8.46. The number of hydrogen-bond donors (Lipinski definition) is 1. The third-order valence-electron chi connectivity index (χ3n) is 4.82. The Bertz CT molecular complexity index is 896. The van der Waals surface area contributed by atoms with Crippen LogP contribution < -0.4 is 14.8 Å². The van der Waals surface area contributed by atoms with E-state index in [1.807, 2.05) is 24.3 Å². The summed E-state index contributed by atoms with van der Waals surface area (Å²) in [5.74, 6) is 1.53. The highest BCUT2D eigenvalue weighted by atomic mass is 16.7. The molecule has 2 aromatic carbocycles. The van der Waals surface area contributed by atoms with Gasteiger partial charge >= 0.3 is 0 Å². The Kier molecular flexibility index (Phi) is 3.57. The maximum atomic E-state index is 11.5. The van der Waals surface area contributed by atoms with Crippen LogP contribution >= 0.6 is 0 Å². The molecule has 4 nitrogen and oxygen atoms in total. The number of carbonyl (C=O) groups is 1. The van der Waals surface area contributed by atoms with Crippen LogP contribution in [-0.2, 0) is 4.79 Å². The Morgan fingerprint density at radius 3 is 2.60 bits per heavy atom. The molecule has 0 saturated heterocycles. The van der Waals surface area contributed by atoms with Crippen LogP contribution in [0, 0.1) is 5.41 Å². The summed E-state index contributed by atoms with van der Waals surface area (Å²) in [4.78, 5) is 11.5. The minimum absolute atomic E-state index is 0.0590. The first-order valence-corrected chi connectivity index (χ1v) is 8.46. The summed E-state index contributed by atoms with van der Waals surface area (Å²) in [6.07, 6.45) is 0.966. The highest BCUT2D eigenvalue weighted by Crippen LogP contribution is 2.57. The van der Waals surface area contributed by atoms with E-state index in [0.717, 1.165) is 34.7 Å². The molecule has 1 aliphatic carbocycles. The maximum absolute atomic E-state index is 11.5. The van der Waals surface area contributed by atoms with Gasteiger partial charge in [-0.3, -0.25) is 4.79 Å². The Labute approximate surface area is 147 Å². The van der Waals surface area contributed by atoms with E-state index in [1.54, 1.807) is 0 Å². The van der Waals surface area contributed by atoms with Gasteiger partial charge < -0.3 is 14.8 Å². The van der Waals surface area contributed by atoms with Crippen molar-refractivity contribution in [1.82, 2.24) is 0 Å². The van der Waals surface area contributed by atoms with Crippen LogP contribution in [0.15, 0.2) is 42.5 Å². The number of anilines is 1. The number of benzene rings is 2. The number of fused-ring (bicyclic) bond motifs is 1. The number of ether oxygens (including phenoxy) is 2. The molecule has 0 radical (unpaired) electrons. The van der Waals surface area contributed by atoms with Crippen molar-refractivity contribution in [1.29, 1.82) is 0 Å². The highest BCUT2D eigenvalue weighted by molar-refractivity contribution is 6.04. The van der Waals surface area contributed by atoms with E-state index in [2.05, 4.69) is 37.4 Å². The Morgan fingerprint density at radius 1 is 1.08 bits per heavy atom. The molecule has 1 amide bonds. The van der Waals surface area contributed by atoms with Gasteiger partial charge in [0.25, 0.3) is 0 Å². The molecule has 2 aliphatic rings. The summed E-state index contributed by atoms with van der Waals surface area (Å²) < 4.78 is 11.0. The number of allylic oxidation sites excluding steroid dienone is 2. The first-order chi connectivity index (χ1) is 12.0. The number of amides is 1. The highest BCUT2D eigenvalue weighted by Gasteiger charge is 2.39. The molecule has 0 aromatic heterocycles. The zero-order valence-corrected chi connectivity index (χ0v) is 14.7. The van der Waals surface area contributed by atoms with Gasteiger partial charge in [0.05, 0.1) is 0 Å². The topological polar surface area (TPSA) is 47.6 Å². The van der Waals surface area contributed by atoms with Gasteiger partial charge in [0.1, 0.15) is 0 Å². The van der Waals surface area contributed by atoms with Crippen molar-refractivity contribution in [3.63, 3.8) is 0 Å². The zero-order valence-electron chi connectivity index (χ0n) is 14.7. The van der Waals surface area contributed by atoms with E-state index in [0.29, 0.717) is 0 Å². The molecule has 0 bridgehead atoms. The molecule has 0 spiro atoms. The van der Waals surface area contributed by atoms with Gasteiger partial charge in [-0.25, -0.2) is 0 Å². The van der Waals surface area contributed by atoms with Crippen molar-refractivity contribution in [2.24, 2.45) is 5.41 Å². The standard InChI is InChI=1S/C21H21NO3/c1-13(23)22-17-7-5-4-6-15(17)16-11-21(2,3)20(16)14-8-9-18-19(10-14)25-12-24-18/h4-10H,11-12H2,1-3H3,(H,22,23). The molecule has 1 N–H and O–H groups in total. The van der Waals surface area contributed by atoms with E-state index >= 15 is 0 Å². The Morgan fingerprint density at radius 2 is 1.84 bits per heavy atom. The lowest BCUT2D eigenvalue weighted by atomic mass is 9.62. The van der Waals surface area contributed by atoms with E-state index < -0.39 is 0 Å². The first kappa shape index (κ1) is 15.8. The van der Waals surface area contributed by atoms with Gasteiger partial charge in [-0.05, 0) is 46.7 Å². The molecule has 4 rings (SSSR count). The fraction of sp³-hybridized carbons (Fsp3) is 0.286. The van der Waals surface area contributed by atoms with E-state index in [-0.39, 0.29) is 18.1 Å². The second kappa shape index (κ2) is 5.66. The second-order valence-electron chi connectivity index (χ2n) is 7.21. The minimum Gasteiger partial charge on any atom is -0.454 e. The molecule has 0 unspecified atom stereocenters. The molecule has 4 heteroatoms. The lowest BCUT2D eigenvalue weighted by molar-refractivity contribution is -0.114. The van der Waals surface area contributed by atoms with Gasteiger partial charge in [0.2, 0.25) is 12.7 Å². The third-order valence-corrected chi connectivity index (χ3v) is 4.82. The largest absolute Gasteiger partial charge is 0.454 e. The lowest BCUT2D eigenvalue weighted by Crippen LogP contribution is -2.26. The normalized spacial score (nSPS) is 17.2. The molecule has 0 fully saturated rings. The Hall–Kier alpha value is -2.75. The van der Waals surface area contributed by atoms with Crippen LogP contribution in [-0.4, -0.2) is 12.7 Å². The number of nitrogens with one attached hydrogen (secondary N) is 1. The average Bonchev–Trinajstić information content (AvgIpc) is 3.01. The number of para-hydroxylation sites is 1. The molecule has 0 atom stereocenters. The average molecular weight is 335 g/mol. The van der Waals surface area contributed by atoms with Crippen LogP contribution in [0.3, 0.4) is 0 Å². The van der Waals surface area contributed by atoms with Crippen LogP contribution in [0.25, 0.3) is 11.1 Å². The Balaban J connectivity index is 1.83. The number of carbonyl (C=O) groups excluding carboxylic acids is 1.